The van der Waals surface area contributed by atoms with Crippen LogP contribution in [0, 0.1) is 0 Å². The van der Waals surface area contributed by atoms with Crippen molar-refractivity contribution < 1.29 is 23.7 Å². The maximum Gasteiger partial charge on any atom is 0.231 e. The fourth-order valence-electron chi connectivity index (χ4n) is 4.08. The predicted octanol–water partition coefficient (Wildman–Crippen LogP) is 2.14. The summed E-state index contributed by atoms with van der Waals surface area (Å²) in [5, 5.41) is 0. The number of carbonyl (C=O) groups is 1. The topological polar surface area (TPSA) is 57.2 Å². The Balaban J connectivity index is 1.39. The molecule has 2 saturated heterocycles. The highest BCUT2D eigenvalue weighted by atomic mass is 16.7. The van der Waals surface area contributed by atoms with Gasteiger partial charge >= 0.3 is 0 Å². The first-order valence-electron chi connectivity index (χ1n) is 9.09. The molecule has 25 heavy (non-hydrogen) atoms. The lowest BCUT2D eigenvalue weighted by atomic mass is 9.89. The summed E-state index contributed by atoms with van der Waals surface area (Å²) in [5.41, 5.74) is 0.733. The number of benzene rings is 1. The Labute approximate surface area is 148 Å². The van der Waals surface area contributed by atoms with Gasteiger partial charge in [0.15, 0.2) is 11.5 Å². The lowest BCUT2D eigenvalue weighted by Crippen LogP contribution is -2.50. The monoisotopic (exact) mass is 347 g/mol. The number of nitrogens with zero attached hydrogens (tertiary/aromatic N) is 1. The summed E-state index contributed by atoms with van der Waals surface area (Å²) in [6.07, 6.45) is 3.40. The van der Waals surface area contributed by atoms with Crippen molar-refractivity contribution in [2.24, 2.45) is 0 Å². The molecule has 1 aromatic rings. The van der Waals surface area contributed by atoms with Gasteiger partial charge in [0, 0.05) is 26.1 Å². The van der Waals surface area contributed by atoms with Gasteiger partial charge in [0.05, 0.1) is 24.7 Å². The highest BCUT2D eigenvalue weighted by molar-refractivity contribution is 5.79. The minimum absolute atomic E-state index is 0.140. The van der Waals surface area contributed by atoms with Gasteiger partial charge in [-0.25, -0.2) is 0 Å². The van der Waals surface area contributed by atoms with E-state index in [0.717, 1.165) is 42.9 Å². The SMILES string of the molecule is CCO[C@H]1CO[C@@]2(CCCN(C(=O)Cc3ccc4c(c3)OCO4)C2)C1. The van der Waals surface area contributed by atoms with Crippen LogP contribution in [0.25, 0.3) is 0 Å². The van der Waals surface area contributed by atoms with Crippen LogP contribution < -0.4 is 9.47 Å². The van der Waals surface area contributed by atoms with Crippen LogP contribution in [0.5, 0.6) is 11.5 Å². The van der Waals surface area contributed by atoms with Crippen LogP contribution in [0.3, 0.4) is 0 Å². The van der Waals surface area contributed by atoms with Crippen LogP contribution in [0.2, 0.25) is 0 Å². The number of hydrogen-bond donors (Lipinski definition) is 0. The Bertz CT molecular complexity index is 649. The molecule has 6 heteroatoms. The number of carbonyl (C=O) groups excluding carboxylic acids is 1. The van der Waals surface area contributed by atoms with E-state index < -0.39 is 0 Å². The summed E-state index contributed by atoms with van der Waals surface area (Å²) in [5.74, 6) is 1.61. The quantitative estimate of drug-likeness (QED) is 0.835. The number of piperidine rings is 1. The Morgan fingerprint density at radius 2 is 2.24 bits per heavy atom. The van der Waals surface area contributed by atoms with Gasteiger partial charge in [-0.3, -0.25) is 4.79 Å². The third-order valence-corrected chi connectivity index (χ3v) is 5.26. The van der Waals surface area contributed by atoms with Gasteiger partial charge in [-0.15, -0.1) is 0 Å². The molecule has 1 aromatic carbocycles. The molecular weight excluding hydrogens is 322 g/mol. The highest BCUT2D eigenvalue weighted by Crippen LogP contribution is 2.36. The van der Waals surface area contributed by atoms with Gasteiger partial charge < -0.3 is 23.8 Å². The van der Waals surface area contributed by atoms with Gasteiger partial charge in [-0.2, -0.15) is 0 Å². The number of rotatable bonds is 4. The van der Waals surface area contributed by atoms with E-state index in [1.165, 1.54) is 0 Å². The van der Waals surface area contributed by atoms with E-state index in [2.05, 4.69) is 0 Å². The summed E-state index contributed by atoms with van der Waals surface area (Å²) in [4.78, 5) is 14.7. The Morgan fingerprint density at radius 1 is 1.36 bits per heavy atom. The summed E-state index contributed by atoms with van der Waals surface area (Å²) < 4.78 is 22.5. The first-order chi connectivity index (χ1) is 12.2. The smallest absolute Gasteiger partial charge is 0.231 e. The van der Waals surface area contributed by atoms with E-state index in [-0.39, 0.29) is 24.4 Å². The predicted molar refractivity (Wildman–Crippen MR) is 90.8 cm³/mol. The van der Waals surface area contributed by atoms with Crippen LogP contribution >= 0.6 is 0 Å². The minimum Gasteiger partial charge on any atom is -0.454 e. The van der Waals surface area contributed by atoms with Crippen molar-refractivity contribution in [2.45, 2.75) is 44.3 Å². The molecule has 0 radical (unpaired) electrons. The van der Waals surface area contributed by atoms with Crippen molar-refractivity contribution >= 4 is 5.91 Å². The lowest BCUT2D eigenvalue weighted by molar-refractivity contribution is -0.138. The van der Waals surface area contributed by atoms with Crippen molar-refractivity contribution in [3.05, 3.63) is 23.8 Å². The highest BCUT2D eigenvalue weighted by Gasteiger charge is 2.44. The largest absolute Gasteiger partial charge is 0.454 e. The number of amides is 1. The van der Waals surface area contributed by atoms with Gasteiger partial charge in [0.25, 0.3) is 0 Å². The first-order valence-corrected chi connectivity index (χ1v) is 9.09. The third-order valence-electron chi connectivity index (χ3n) is 5.26. The standard InChI is InChI=1S/C19H25NO5/c1-2-22-15-10-19(25-11-15)6-3-7-20(12-19)18(21)9-14-4-5-16-17(8-14)24-13-23-16/h4-5,8,15H,2-3,6-7,9-13H2,1H3/t15-,19+/m1/s1. The summed E-state index contributed by atoms with van der Waals surface area (Å²) >= 11 is 0. The Morgan fingerprint density at radius 3 is 3.12 bits per heavy atom. The molecule has 2 fully saturated rings. The van der Waals surface area contributed by atoms with Crippen LogP contribution in [-0.2, 0) is 20.7 Å². The molecule has 0 saturated carbocycles. The fraction of sp³-hybridized carbons (Fsp3) is 0.632. The average molecular weight is 347 g/mol. The Kier molecular flexibility index (Phi) is 4.56. The van der Waals surface area contributed by atoms with Crippen LogP contribution in [-0.4, -0.2) is 55.6 Å². The number of ether oxygens (including phenoxy) is 4. The van der Waals surface area contributed by atoms with Gasteiger partial charge in [-0.1, -0.05) is 6.07 Å². The summed E-state index contributed by atoms with van der Waals surface area (Å²) in [7, 11) is 0. The van der Waals surface area contributed by atoms with Crippen molar-refractivity contribution in [3.8, 4) is 11.5 Å². The molecular formula is C19H25NO5. The second-order valence-electron chi connectivity index (χ2n) is 7.06. The van der Waals surface area contributed by atoms with Gasteiger partial charge in [0.2, 0.25) is 12.7 Å². The van der Waals surface area contributed by atoms with Crippen molar-refractivity contribution in [1.82, 2.24) is 4.90 Å². The van der Waals surface area contributed by atoms with E-state index in [0.29, 0.717) is 26.2 Å². The normalized spacial score (nSPS) is 27.9. The molecule has 0 unspecified atom stereocenters. The first kappa shape index (κ1) is 16.7. The van der Waals surface area contributed by atoms with Crippen molar-refractivity contribution in [2.75, 3.05) is 33.1 Å². The second kappa shape index (κ2) is 6.84. The summed E-state index contributed by atoms with van der Waals surface area (Å²) in [6, 6.07) is 5.70. The van der Waals surface area contributed by atoms with Gasteiger partial charge in [0.1, 0.15) is 0 Å². The zero-order valence-electron chi connectivity index (χ0n) is 14.7. The fourth-order valence-corrected chi connectivity index (χ4v) is 4.08. The molecule has 4 rings (SSSR count). The molecule has 2 atom stereocenters. The third kappa shape index (κ3) is 3.46. The molecule has 3 aliphatic rings. The number of fused-ring (bicyclic) bond motifs is 1. The molecule has 3 heterocycles. The number of likely N-dealkylation sites (tertiary alicyclic amines) is 1. The maximum atomic E-state index is 12.8. The lowest BCUT2D eigenvalue weighted by Gasteiger charge is -2.39. The molecule has 136 valence electrons. The molecule has 6 nitrogen and oxygen atoms in total. The number of hydrogen-bond acceptors (Lipinski definition) is 5. The average Bonchev–Trinajstić information content (AvgIpc) is 3.22. The van der Waals surface area contributed by atoms with Gasteiger partial charge in [-0.05, 0) is 37.5 Å². The van der Waals surface area contributed by atoms with E-state index in [4.69, 9.17) is 18.9 Å². The molecule has 1 amide bonds. The van der Waals surface area contributed by atoms with E-state index in [1.807, 2.05) is 30.0 Å². The van der Waals surface area contributed by atoms with E-state index in [1.54, 1.807) is 0 Å². The maximum absolute atomic E-state index is 12.8. The molecule has 1 spiro atoms. The zero-order chi connectivity index (χ0) is 17.3. The van der Waals surface area contributed by atoms with Crippen molar-refractivity contribution in [1.29, 1.82) is 0 Å². The molecule has 0 bridgehead atoms. The van der Waals surface area contributed by atoms with E-state index >= 15 is 0 Å². The molecule has 0 aromatic heterocycles. The molecule has 3 aliphatic heterocycles. The molecule has 0 aliphatic carbocycles. The molecule has 0 N–H and O–H groups in total. The van der Waals surface area contributed by atoms with Crippen LogP contribution in [0.1, 0.15) is 31.7 Å². The van der Waals surface area contributed by atoms with Crippen LogP contribution in [0.15, 0.2) is 18.2 Å². The minimum atomic E-state index is -0.220. The van der Waals surface area contributed by atoms with Crippen molar-refractivity contribution in [3.63, 3.8) is 0 Å². The summed E-state index contributed by atoms with van der Waals surface area (Å²) in [6.45, 7) is 5.06. The Hall–Kier alpha value is -1.79. The van der Waals surface area contributed by atoms with Crippen LogP contribution in [0.4, 0.5) is 0 Å². The second-order valence-corrected chi connectivity index (χ2v) is 7.06. The zero-order valence-corrected chi connectivity index (χ0v) is 14.7. The van der Waals surface area contributed by atoms with E-state index in [9.17, 15) is 4.79 Å².